The van der Waals surface area contributed by atoms with Gasteiger partial charge in [-0.3, -0.25) is 9.59 Å². The zero-order valence-corrected chi connectivity index (χ0v) is 9.96. The summed E-state index contributed by atoms with van der Waals surface area (Å²) in [6.07, 6.45) is 3.18. The summed E-state index contributed by atoms with van der Waals surface area (Å²) in [6.45, 7) is 1.10. The van der Waals surface area contributed by atoms with Gasteiger partial charge in [-0.1, -0.05) is 0 Å². The number of ether oxygens (including phenoxy) is 1. The highest BCUT2D eigenvalue weighted by molar-refractivity contribution is 5.93. The first-order valence-corrected chi connectivity index (χ1v) is 5.92. The molecule has 1 fully saturated rings. The van der Waals surface area contributed by atoms with Crippen LogP contribution in [0.1, 0.15) is 23.3 Å². The molecule has 0 atom stereocenters. The molecule has 0 unspecified atom stereocenters. The molecule has 1 aromatic heterocycles. The summed E-state index contributed by atoms with van der Waals surface area (Å²) in [7, 11) is 0. The number of nitrogens with one attached hydrogen (secondary N) is 1. The number of aliphatic carboxylic acids is 1. The third-order valence-corrected chi connectivity index (χ3v) is 2.92. The molecule has 1 aliphatic rings. The van der Waals surface area contributed by atoms with Gasteiger partial charge >= 0.3 is 5.97 Å². The van der Waals surface area contributed by atoms with Crippen LogP contribution in [0, 0.1) is 0 Å². The number of carbonyl (C=O) groups excluding carboxylic acids is 1. The van der Waals surface area contributed by atoms with E-state index in [4.69, 9.17) is 9.84 Å². The quantitative estimate of drug-likeness (QED) is 0.816. The van der Waals surface area contributed by atoms with Crippen LogP contribution < -0.4 is 5.32 Å². The highest BCUT2D eigenvalue weighted by Gasteiger charge is 2.19. The van der Waals surface area contributed by atoms with Crippen molar-refractivity contribution in [2.45, 2.75) is 25.4 Å². The van der Waals surface area contributed by atoms with Crippen LogP contribution in [0.25, 0.3) is 0 Å². The lowest BCUT2D eigenvalue weighted by molar-refractivity contribution is -0.137. The number of amides is 1. The second-order valence-corrected chi connectivity index (χ2v) is 4.28. The SMILES string of the molecule is O=C(O)Cn1cccc1C(=O)NC1CCOCC1. The first-order chi connectivity index (χ1) is 8.66. The second-order valence-electron chi connectivity index (χ2n) is 4.28. The van der Waals surface area contributed by atoms with Crippen molar-refractivity contribution < 1.29 is 19.4 Å². The molecular weight excluding hydrogens is 236 g/mol. The Hall–Kier alpha value is -1.82. The van der Waals surface area contributed by atoms with E-state index >= 15 is 0 Å². The van der Waals surface area contributed by atoms with Crippen LogP contribution in [0.5, 0.6) is 0 Å². The minimum absolute atomic E-state index is 0.111. The third kappa shape index (κ3) is 3.10. The maximum absolute atomic E-state index is 12.0. The zero-order valence-electron chi connectivity index (χ0n) is 9.96. The van der Waals surface area contributed by atoms with Crippen LogP contribution in [0.3, 0.4) is 0 Å². The van der Waals surface area contributed by atoms with Crippen molar-refractivity contribution in [2.75, 3.05) is 13.2 Å². The van der Waals surface area contributed by atoms with Gasteiger partial charge in [0.25, 0.3) is 5.91 Å². The lowest BCUT2D eigenvalue weighted by Crippen LogP contribution is -2.39. The van der Waals surface area contributed by atoms with E-state index in [0.717, 1.165) is 12.8 Å². The predicted molar refractivity (Wildman–Crippen MR) is 63.4 cm³/mol. The van der Waals surface area contributed by atoms with Crippen molar-refractivity contribution in [2.24, 2.45) is 0 Å². The van der Waals surface area contributed by atoms with Gasteiger partial charge in [0.1, 0.15) is 12.2 Å². The summed E-state index contributed by atoms with van der Waals surface area (Å²) in [4.78, 5) is 22.7. The van der Waals surface area contributed by atoms with Crippen molar-refractivity contribution in [1.82, 2.24) is 9.88 Å². The van der Waals surface area contributed by atoms with E-state index < -0.39 is 5.97 Å². The molecule has 0 aromatic carbocycles. The van der Waals surface area contributed by atoms with Crippen LogP contribution in [-0.4, -0.2) is 40.8 Å². The van der Waals surface area contributed by atoms with E-state index in [9.17, 15) is 9.59 Å². The van der Waals surface area contributed by atoms with Crippen molar-refractivity contribution in [3.63, 3.8) is 0 Å². The van der Waals surface area contributed by atoms with Crippen LogP contribution in [0.15, 0.2) is 18.3 Å². The number of rotatable bonds is 4. The first kappa shape index (κ1) is 12.6. The molecule has 0 bridgehead atoms. The van der Waals surface area contributed by atoms with Crippen molar-refractivity contribution in [3.8, 4) is 0 Å². The molecule has 0 radical (unpaired) electrons. The van der Waals surface area contributed by atoms with Gasteiger partial charge in [0.2, 0.25) is 0 Å². The van der Waals surface area contributed by atoms with Crippen LogP contribution in [0.4, 0.5) is 0 Å². The van der Waals surface area contributed by atoms with Crippen LogP contribution >= 0.6 is 0 Å². The summed E-state index contributed by atoms with van der Waals surface area (Å²) in [5, 5.41) is 11.6. The fourth-order valence-corrected chi connectivity index (χ4v) is 2.01. The van der Waals surface area contributed by atoms with Gasteiger partial charge in [0.05, 0.1) is 0 Å². The largest absolute Gasteiger partial charge is 0.480 e. The Bertz CT molecular complexity index is 435. The molecule has 2 rings (SSSR count). The number of carbonyl (C=O) groups is 2. The van der Waals surface area contributed by atoms with Crippen LogP contribution in [0.2, 0.25) is 0 Å². The summed E-state index contributed by atoms with van der Waals surface area (Å²) in [6, 6.07) is 3.40. The van der Waals surface area contributed by atoms with Gasteiger partial charge in [-0.2, -0.15) is 0 Å². The standard InChI is InChI=1S/C12H16N2O4/c15-11(16)8-14-5-1-2-10(14)12(17)13-9-3-6-18-7-4-9/h1-2,5,9H,3-4,6-8H2,(H,13,17)(H,15,16). The normalized spacial score (nSPS) is 16.4. The second kappa shape index (κ2) is 5.68. The molecule has 0 spiro atoms. The molecule has 6 heteroatoms. The lowest BCUT2D eigenvalue weighted by atomic mass is 10.1. The Morgan fingerprint density at radius 3 is 2.83 bits per heavy atom. The average Bonchev–Trinajstić information content (AvgIpc) is 2.77. The zero-order chi connectivity index (χ0) is 13.0. The molecule has 18 heavy (non-hydrogen) atoms. The summed E-state index contributed by atoms with van der Waals surface area (Å²) in [5.41, 5.74) is 0.379. The molecule has 0 aliphatic carbocycles. The predicted octanol–water partition coefficient (Wildman–Crippen LogP) is 0.482. The average molecular weight is 252 g/mol. The molecule has 98 valence electrons. The summed E-state index contributed by atoms with van der Waals surface area (Å²) >= 11 is 0. The van der Waals surface area contributed by atoms with E-state index in [1.807, 2.05) is 0 Å². The van der Waals surface area contributed by atoms with Gasteiger partial charge in [-0.15, -0.1) is 0 Å². The number of carboxylic acids is 1. The molecule has 1 aliphatic heterocycles. The number of hydrogen-bond donors (Lipinski definition) is 2. The molecule has 1 amide bonds. The Morgan fingerprint density at radius 2 is 2.17 bits per heavy atom. The fourth-order valence-electron chi connectivity index (χ4n) is 2.01. The summed E-state index contributed by atoms with van der Waals surface area (Å²) < 4.78 is 6.64. The third-order valence-electron chi connectivity index (χ3n) is 2.92. The fraction of sp³-hybridized carbons (Fsp3) is 0.500. The molecule has 6 nitrogen and oxygen atoms in total. The van der Waals surface area contributed by atoms with E-state index in [0.29, 0.717) is 18.9 Å². The molecule has 0 saturated carbocycles. The van der Waals surface area contributed by atoms with Gasteiger partial charge < -0.3 is 19.7 Å². The minimum Gasteiger partial charge on any atom is -0.480 e. The van der Waals surface area contributed by atoms with E-state index in [1.165, 1.54) is 4.57 Å². The van der Waals surface area contributed by atoms with Crippen molar-refractivity contribution in [1.29, 1.82) is 0 Å². The van der Waals surface area contributed by atoms with Crippen molar-refractivity contribution >= 4 is 11.9 Å². The lowest BCUT2D eigenvalue weighted by Gasteiger charge is -2.23. The highest BCUT2D eigenvalue weighted by Crippen LogP contribution is 2.09. The first-order valence-electron chi connectivity index (χ1n) is 5.92. The van der Waals surface area contributed by atoms with Gasteiger partial charge in [-0.25, -0.2) is 0 Å². The summed E-state index contributed by atoms with van der Waals surface area (Å²) in [5.74, 6) is -1.19. The monoisotopic (exact) mass is 252 g/mol. The Kier molecular flexibility index (Phi) is 3.99. The van der Waals surface area contributed by atoms with Crippen molar-refractivity contribution in [3.05, 3.63) is 24.0 Å². The number of aromatic nitrogens is 1. The molecule has 1 saturated heterocycles. The van der Waals surface area contributed by atoms with Gasteiger partial charge in [0, 0.05) is 25.5 Å². The molecular formula is C12H16N2O4. The molecule has 1 aromatic rings. The smallest absolute Gasteiger partial charge is 0.323 e. The maximum atomic E-state index is 12.0. The van der Waals surface area contributed by atoms with E-state index in [-0.39, 0.29) is 18.5 Å². The number of nitrogens with zero attached hydrogens (tertiary/aromatic N) is 1. The topological polar surface area (TPSA) is 80.6 Å². The Morgan fingerprint density at radius 1 is 1.44 bits per heavy atom. The van der Waals surface area contributed by atoms with Gasteiger partial charge in [-0.05, 0) is 25.0 Å². The highest BCUT2D eigenvalue weighted by atomic mass is 16.5. The van der Waals surface area contributed by atoms with Crippen LogP contribution in [-0.2, 0) is 16.1 Å². The van der Waals surface area contributed by atoms with Gasteiger partial charge in [0.15, 0.2) is 0 Å². The molecule has 2 heterocycles. The number of hydrogen-bond acceptors (Lipinski definition) is 3. The Balaban J connectivity index is 1.99. The van der Waals surface area contributed by atoms with E-state index in [2.05, 4.69) is 5.32 Å². The minimum atomic E-state index is -0.966. The Labute approximate surface area is 105 Å². The maximum Gasteiger partial charge on any atom is 0.323 e. The van der Waals surface area contributed by atoms with E-state index in [1.54, 1.807) is 18.3 Å². The number of carboxylic acid groups (broad SMARTS) is 1. The molecule has 2 N–H and O–H groups in total.